The predicted octanol–water partition coefficient (Wildman–Crippen LogP) is 3.68. The van der Waals surface area contributed by atoms with Crippen LogP contribution in [0.1, 0.15) is 18.4 Å². The van der Waals surface area contributed by atoms with E-state index in [1.54, 1.807) is 6.07 Å². The van der Waals surface area contributed by atoms with Gasteiger partial charge in [-0.1, -0.05) is 0 Å². The van der Waals surface area contributed by atoms with E-state index >= 15 is 0 Å². The van der Waals surface area contributed by atoms with Crippen molar-refractivity contribution in [3.63, 3.8) is 0 Å². The van der Waals surface area contributed by atoms with Crippen LogP contribution in [0.4, 0.5) is 25.8 Å². The van der Waals surface area contributed by atoms with Gasteiger partial charge in [-0.05, 0) is 49.4 Å². The standard InChI is InChI=1S/C20H21F2N3O/c1-23-9-10-24(16-4-6-17(21)18(22)12-16)19-7-5-15(11-14(19)13-23)25-8-2-3-20(25)26/h4-7,11-12H,2-3,8-10,13H2,1H3. The van der Waals surface area contributed by atoms with E-state index in [0.717, 1.165) is 49.1 Å². The molecule has 1 saturated heterocycles. The lowest BCUT2D eigenvalue weighted by atomic mass is 10.1. The number of carbonyl (C=O) groups is 1. The molecule has 0 unspecified atom stereocenters. The minimum Gasteiger partial charge on any atom is -0.340 e. The number of rotatable bonds is 2. The molecule has 0 radical (unpaired) electrons. The van der Waals surface area contributed by atoms with Gasteiger partial charge in [-0.3, -0.25) is 4.79 Å². The lowest BCUT2D eigenvalue weighted by Gasteiger charge is -2.26. The van der Waals surface area contributed by atoms with E-state index in [1.165, 1.54) is 6.07 Å². The zero-order chi connectivity index (χ0) is 18.3. The third kappa shape index (κ3) is 3.05. The summed E-state index contributed by atoms with van der Waals surface area (Å²) in [5.74, 6) is -1.53. The van der Waals surface area contributed by atoms with Crippen LogP contribution in [0.2, 0.25) is 0 Å². The Morgan fingerprint density at radius 2 is 1.65 bits per heavy atom. The number of benzene rings is 2. The van der Waals surface area contributed by atoms with Crippen LogP contribution < -0.4 is 9.80 Å². The van der Waals surface area contributed by atoms with Crippen LogP contribution in [0, 0.1) is 11.6 Å². The molecule has 0 spiro atoms. The molecule has 2 aromatic rings. The molecule has 136 valence electrons. The fourth-order valence-corrected chi connectivity index (χ4v) is 3.73. The third-order valence-electron chi connectivity index (χ3n) is 5.10. The molecule has 2 aliphatic heterocycles. The number of carbonyl (C=O) groups excluding carboxylic acids is 1. The monoisotopic (exact) mass is 357 g/mol. The van der Waals surface area contributed by atoms with Crippen LogP contribution in [0.25, 0.3) is 0 Å². The first-order valence-corrected chi connectivity index (χ1v) is 8.87. The zero-order valence-corrected chi connectivity index (χ0v) is 14.7. The summed E-state index contributed by atoms with van der Waals surface area (Å²) in [6, 6.07) is 9.98. The smallest absolute Gasteiger partial charge is 0.227 e. The first-order chi connectivity index (χ1) is 12.5. The maximum Gasteiger partial charge on any atom is 0.227 e. The van der Waals surface area contributed by atoms with Crippen molar-refractivity contribution in [2.75, 3.05) is 36.5 Å². The summed E-state index contributed by atoms with van der Waals surface area (Å²) in [6.45, 7) is 2.97. The molecule has 4 nitrogen and oxygen atoms in total. The second kappa shape index (κ2) is 6.68. The van der Waals surface area contributed by atoms with Gasteiger partial charge in [0.05, 0.1) is 0 Å². The Labute approximate surface area is 151 Å². The molecule has 0 N–H and O–H groups in total. The van der Waals surface area contributed by atoms with Crippen molar-refractivity contribution >= 4 is 23.0 Å². The summed E-state index contributed by atoms with van der Waals surface area (Å²) < 4.78 is 27.1. The van der Waals surface area contributed by atoms with Crippen LogP contribution in [-0.4, -0.2) is 37.5 Å². The third-order valence-corrected chi connectivity index (χ3v) is 5.10. The van der Waals surface area contributed by atoms with E-state index in [0.29, 0.717) is 18.7 Å². The number of anilines is 3. The van der Waals surface area contributed by atoms with E-state index < -0.39 is 11.6 Å². The largest absolute Gasteiger partial charge is 0.340 e. The molecule has 4 rings (SSSR count). The number of amides is 1. The Morgan fingerprint density at radius 3 is 2.38 bits per heavy atom. The lowest BCUT2D eigenvalue weighted by molar-refractivity contribution is -0.117. The SMILES string of the molecule is CN1CCN(c2ccc(F)c(F)c2)c2ccc(N3CCCC3=O)cc2C1. The Balaban J connectivity index is 1.75. The molecule has 0 atom stereocenters. The van der Waals surface area contributed by atoms with Crippen molar-refractivity contribution in [1.82, 2.24) is 4.90 Å². The Kier molecular flexibility index (Phi) is 4.36. The fourth-order valence-electron chi connectivity index (χ4n) is 3.73. The summed E-state index contributed by atoms with van der Waals surface area (Å²) in [5.41, 5.74) is 3.58. The minimum absolute atomic E-state index is 0.157. The number of hydrogen-bond acceptors (Lipinski definition) is 3. The molecule has 1 amide bonds. The number of nitrogens with zero attached hydrogens (tertiary/aromatic N) is 3. The highest BCUT2D eigenvalue weighted by Gasteiger charge is 2.25. The molecular formula is C20H21F2N3O. The summed E-state index contributed by atoms with van der Waals surface area (Å²) in [6.07, 6.45) is 1.48. The summed E-state index contributed by atoms with van der Waals surface area (Å²) in [7, 11) is 2.03. The van der Waals surface area contributed by atoms with Gasteiger partial charge in [-0.25, -0.2) is 8.78 Å². The summed E-state index contributed by atoms with van der Waals surface area (Å²) >= 11 is 0. The van der Waals surface area contributed by atoms with Crippen LogP contribution in [0.15, 0.2) is 36.4 Å². The van der Waals surface area contributed by atoms with Crippen molar-refractivity contribution in [3.8, 4) is 0 Å². The maximum absolute atomic E-state index is 13.7. The molecule has 26 heavy (non-hydrogen) atoms. The van der Waals surface area contributed by atoms with Crippen LogP contribution in [-0.2, 0) is 11.3 Å². The fraction of sp³-hybridized carbons (Fsp3) is 0.350. The number of fused-ring (bicyclic) bond motifs is 1. The van der Waals surface area contributed by atoms with Gasteiger partial charge in [0, 0.05) is 55.7 Å². The van der Waals surface area contributed by atoms with Crippen LogP contribution in [0.5, 0.6) is 0 Å². The molecule has 0 bridgehead atoms. The second-order valence-electron chi connectivity index (χ2n) is 6.95. The highest BCUT2D eigenvalue weighted by Crippen LogP contribution is 2.35. The van der Waals surface area contributed by atoms with Crippen molar-refractivity contribution in [2.45, 2.75) is 19.4 Å². The number of hydrogen-bond donors (Lipinski definition) is 0. The second-order valence-corrected chi connectivity index (χ2v) is 6.95. The highest BCUT2D eigenvalue weighted by atomic mass is 19.2. The topological polar surface area (TPSA) is 26.8 Å². The molecular weight excluding hydrogens is 336 g/mol. The number of likely N-dealkylation sites (N-methyl/N-ethyl adjacent to an activating group) is 1. The van der Waals surface area contributed by atoms with Gasteiger partial charge in [0.2, 0.25) is 5.91 Å². The average molecular weight is 357 g/mol. The van der Waals surface area contributed by atoms with Gasteiger partial charge >= 0.3 is 0 Å². The lowest BCUT2D eigenvalue weighted by Crippen LogP contribution is -2.26. The molecule has 1 fully saturated rings. The highest BCUT2D eigenvalue weighted by molar-refractivity contribution is 5.95. The molecule has 0 aromatic heterocycles. The predicted molar refractivity (Wildman–Crippen MR) is 97.7 cm³/mol. The van der Waals surface area contributed by atoms with Gasteiger partial charge in [-0.2, -0.15) is 0 Å². The normalized spacial score (nSPS) is 18.2. The van der Waals surface area contributed by atoms with E-state index in [9.17, 15) is 13.6 Å². The van der Waals surface area contributed by atoms with E-state index in [2.05, 4.69) is 4.90 Å². The van der Waals surface area contributed by atoms with Gasteiger partial charge in [0.1, 0.15) is 0 Å². The van der Waals surface area contributed by atoms with E-state index in [4.69, 9.17) is 0 Å². The minimum atomic E-state index is -0.846. The van der Waals surface area contributed by atoms with Gasteiger partial charge in [0.15, 0.2) is 11.6 Å². The van der Waals surface area contributed by atoms with Crippen molar-refractivity contribution in [1.29, 1.82) is 0 Å². The molecule has 0 saturated carbocycles. The molecule has 0 aliphatic carbocycles. The molecule has 2 aliphatic rings. The quantitative estimate of drug-likeness (QED) is 0.820. The van der Waals surface area contributed by atoms with Gasteiger partial charge in [-0.15, -0.1) is 0 Å². The average Bonchev–Trinajstić information content (AvgIpc) is 2.97. The maximum atomic E-state index is 13.7. The van der Waals surface area contributed by atoms with E-state index in [-0.39, 0.29) is 5.91 Å². The van der Waals surface area contributed by atoms with Crippen LogP contribution in [0.3, 0.4) is 0 Å². The summed E-state index contributed by atoms with van der Waals surface area (Å²) in [4.78, 5) is 18.1. The van der Waals surface area contributed by atoms with Crippen molar-refractivity contribution < 1.29 is 13.6 Å². The Hall–Kier alpha value is -2.47. The Morgan fingerprint density at radius 1 is 0.885 bits per heavy atom. The molecule has 6 heteroatoms. The first kappa shape index (κ1) is 17.0. The summed E-state index contributed by atoms with van der Waals surface area (Å²) in [5, 5.41) is 0. The van der Waals surface area contributed by atoms with Crippen molar-refractivity contribution in [2.24, 2.45) is 0 Å². The van der Waals surface area contributed by atoms with Gasteiger partial charge < -0.3 is 14.7 Å². The molecule has 2 aromatic carbocycles. The van der Waals surface area contributed by atoms with Crippen LogP contribution >= 0.6 is 0 Å². The Bertz CT molecular complexity index is 855. The number of halogens is 2. The van der Waals surface area contributed by atoms with Gasteiger partial charge in [0.25, 0.3) is 0 Å². The molecule has 2 heterocycles. The van der Waals surface area contributed by atoms with E-state index in [1.807, 2.05) is 35.0 Å². The first-order valence-electron chi connectivity index (χ1n) is 8.87. The zero-order valence-electron chi connectivity index (χ0n) is 14.7. The van der Waals surface area contributed by atoms with Crippen molar-refractivity contribution in [3.05, 3.63) is 53.6 Å².